The van der Waals surface area contributed by atoms with Gasteiger partial charge in [0.15, 0.2) is 0 Å². The fourth-order valence-corrected chi connectivity index (χ4v) is 1.82. The van der Waals surface area contributed by atoms with Gasteiger partial charge in [-0.25, -0.2) is 0 Å². The minimum atomic E-state index is 0.658. The standard InChI is InChI=1S/C13H9ClN4/c14-11-6-2-1-5-10(11)9-15-18-13-8-4-3-7-12(13)16-17-18/h1-9H/b15-9-. The van der Waals surface area contributed by atoms with Gasteiger partial charge >= 0.3 is 0 Å². The minimum absolute atomic E-state index is 0.658. The molecule has 0 aliphatic heterocycles. The molecule has 0 bridgehead atoms. The summed E-state index contributed by atoms with van der Waals surface area (Å²) < 4.78 is 0. The van der Waals surface area contributed by atoms with Crippen molar-refractivity contribution in [2.45, 2.75) is 0 Å². The Morgan fingerprint density at radius 1 is 1.06 bits per heavy atom. The molecule has 0 aliphatic carbocycles. The Morgan fingerprint density at radius 3 is 2.72 bits per heavy atom. The average Bonchev–Trinajstić information content (AvgIpc) is 2.81. The lowest BCUT2D eigenvalue weighted by atomic mass is 10.2. The molecule has 1 heterocycles. The van der Waals surface area contributed by atoms with E-state index in [0.717, 1.165) is 16.6 Å². The highest BCUT2D eigenvalue weighted by Gasteiger charge is 2.01. The predicted molar refractivity (Wildman–Crippen MR) is 72.0 cm³/mol. The summed E-state index contributed by atoms with van der Waals surface area (Å²) in [7, 11) is 0. The first-order valence-electron chi connectivity index (χ1n) is 5.44. The van der Waals surface area contributed by atoms with Crippen molar-refractivity contribution < 1.29 is 0 Å². The maximum Gasteiger partial charge on any atom is 0.115 e. The van der Waals surface area contributed by atoms with Crippen molar-refractivity contribution in [1.29, 1.82) is 0 Å². The summed E-state index contributed by atoms with van der Waals surface area (Å²) in [6, 6.07) is 15.2. The quantitative estimate of drug-likeness (QED) is 0.662. The van der Waals surface area contributed by atoms with E-state index in [-0.39, 0.29) is 0 Å². The van der Waals surface area contributed by atoms with Crippen LogP contribution >= 0.6 is 11.6 Å². The number of para-hydroxylation sites is 1. The van der Waals surface area contributed by atoms with Crippen LogP contribution in [-0.4, -0.2) is 21.3 Å². The Kier molecular flexibility index (Phi) is 2.78. The number of hydrogen-bond donors (Lipinski definition) is 0. The Bertz CT molecular complexity index is 718. The molecule has 18 heavy (non-hydrogen) atoms. The SMILES string of the molecule is Clc1ccccc1/C=N\n1nnc2ccccc21. The Morgan fingerprint density at radius 2 is 1.83 bits per heavy atom. The van der Waals surface area contributed by atoms with E-state index >= 15 is 0 Å². The summed E-state index contributed by atoms with van der Waals surface area (Å²) in [6.45, 7) is 0. The Labute approximate surface area is 108 Å². The molecule has 0 saturated heterocycles. The molecule has 5 heteroatoms. The molecular weight excluding hydrogens is 248 g/mol. The molecular formula is C13H9ClN4. The summed E-state index contributed by atoms with van der Waals surface area (Å²) in [5.41, 5.74) is 2.52. The maximum absolute atomic E-state index is 6.05. The van der Waals surface area contributed by atoms with Crippen LogP contribution in [0.15, 0.2) is 53.6 Å². The fraction of sp³-hybridized carbons (Fsp3) is 0. The van der Waals surface area contributed by atoms with Crippen molar-refractivity contribution in [2.75, 3.05) is 0 Å². The van der Waals surface area contributed by atoms with E-state index in [0.29, 0.717) is 5.02 Å². The number of benzene rings is 2. The van der Waals surface area contributed by atoms with E-state index in [1.54, 1.807) is 6.21 Å². The summed E-state index contributed by atoms with van der Waals surface area (Å²) in [6.07, 6.45) is 1.67. The van der Waals surface area contributed by atoms with Crippen LogP contribution in [0.25, 0.3) is 11.0 Å². The molecule has 0 fully saturated rings. The van der Waals surface area contributed by atoms with Gasteiger partial charge in [0.1, 0.15) is 11.0 Å². The van der Waals surface area contributed by atoms with Crippen molar-refractivity contribution in [2.24, 2.45) is 5.10 Å². The number of aromatic nitrogens is 3. The second kappa shape index (κ2) is 4.58. The summed E-state index contributed by atoms with van der Waals surface area (Å²) in [5.74, 6) is 0. The first-order chi connectivity index (χ1) is 8.84. The molecule has 1 aromatic heterocycles. The molecule has 3 aromatic rings. The highest BCUT2D eigenvalue weighted by Crippen LogP contribution is 2.13. The van der Waals surface area contributed by atoms with Gasteiger partial charge in [0.25, 0.3) is 0 Å². The first kappa shape index (κ1) is 10.9. The van der Waals surface area contributed by atoms with Gasteiger partial charge in [0, 0.05) is 10.6 Å². The van der Waals surface area contributed by atoms with Gasteiger partial charge in [0.2, 0.25) is 0 Å². The van der Waals surface area contributed by atoms with E-state index in [9.17, 15) is 0 Å². The average molecular weight is 257 g/mol. The molecule has 2 aromatic carbocycles. The fourth-order valence-electron chi connectivity index (χ4n) is 1.64. The normalized spacial score (nSPS) is 11.4. The second-order valence-electron chi connectivity index (χ2n) is 3.73. The third-order valence-corrected chi connectivity index (χ3v) is 2.89. The zero-order chi connectivity index (χ0) is 12.4. The predicted octanol–water partition coefficient (Wildman–Crippen LogP) is 2.97. The van der Waals surface area contributed by atoms with E-state index in [1.165, 1.54) is 4.79 Å². The number of fused-ring (bicyclic) bond motifs is 1. The summed E-state index contributed by atoms with van der Waals surface area (Å²) in [5, 5.41) is 12.9. The molecule has 3 rings (SSSR count). The van der Waals surface area contributed by atoms with Crippen LogP contribution in [0.3, 0.4) is 0 Å². The zero-order valence-corrected chi connectivity index (χ0v) is 10.1. The van der Waals surface area contributed by atoms with Crippen molar-refractivity contribution in [3.8, 4) is 0 Å². The number of halogens is 1. The van der Waals surface area contributed by atoms with Crippen molar-refractivity contribution in [1.82, 2.24) is 15.1 Å². The van der Waals surface area contributed by atoms with Crippen molar-refractivity contribution in [3.05, 3.63) is 59.1 Å². The lowest BCUT2D eigenvalue weighted by molar-refractivity contribution is 0.718. The topological polar surface area (TPSA) is 43.1 Å². The summed E-state index contributed by atoms with van der Waals surface area (Å²) >= 11 is 6.05. The first-order valence-corrected chi connectivity index (χ1v) is 5.82. The number of nitrogens with zero attached hydrogens (tertiary/aromatic N) is 4. The van der Waals surface area contributed by atoms with E-state index in [4.69, 9.17) is 11.6 Å². The Balaban J connectivity index is 2.00. The van der Waals surface area contributed by atoms with E-state index in [2.05, 4.69) is 15.4 Å². The molecule has 0 radical (unpaired) electrons. The van der Waals surface area contributed by atoms with Crippen molar-refractivity contribution in [3.63, 3.8) is 0 Å². The van der Waals surface area contributed by atoms with Crippen LogP contribution < -0.4 is 0 Å². The smallest absolute Gasteiger partial charge is 0.115 e. The number of rotatable bonds is 2. The molecule has 0 aliphatic rings. The van der Waals surface area contributed by atoms with Gasteiger partial charge in [0.05, 0.1) is 6.21 Å². The van der Waals surface area contributed by atoms with Gasteiger partial charge in [-0.15, -0.1) is 9.89 Å². The van der Waals surface area contributed by atoms with Gasteiger partial charge in [-0.2, -0.15) is 5.10 Å². The van der Waals surface area contributed by atoms with E-state index in [1.807, 2.05) is 48.5 Å². The minimum Gasteiger partial charge on any atom is -0.156 e. The number of hydrogen-bond acceptors (Lipinski definition) is 3. The molecule has 0 atom stereocenters. The molecule has 0 amide bonds. The van der Waals surface area contributed by atoms with Crippen LogP contribution in [0, 0.1) is 0 Å². The van der Waals surface area contributed by atoms with Gasteiger partial charge in [-0.05, 0) is 23.4 Å². The van der Waals surface area contributed by atoms with Crippen LogP contribution in [0.4, 0.5) is 0 Å². The van der Waals surface area contributed by atoms with Gasteiger partial charge in [-0.1, -0.05) is 41.9 Å². The lowest BCUT2D eigenvalue weighted by Crippen LogP contribution is -1.93. The lowest BCUT2D eigenvalue weighted by Gasteiger charge is -1.96. The van der Waals surface area contributed by atoms with E-state index < -0.39 is 0 Å². The second-order valence-corrected chi connectivity index (χ2v) is 4.14. The molecule has 0 spiro atoms. The highest BCUT2D eigenvalue weighted by molar-refractivity contribution is 6.33. The summed E-state index contributed by atoms with van der Waals surface area (Å²) in [4.78, 5) is 1.48. The maximum atomic E-state index is 6.05. The van der Waals surface area contributed by atoms with Crippen LogP contribution in [-0.2, 0) is 0 Å². The Hall–Kier alpha value is -2.20. The molecule has 88 valence electrons. The highest BCUT2D eigenvalue weighted by atomic mass is 35.5. The van der Waals surface area contributed by atoms with Gasteiger partial charge in [-0.3, -0.25) is 0 Å². The molecule has 4 nitrogen and oxygen atoms in total. The molecule has 0 N–H and O–H groups in total. The zero-order valence-electron chi connectivity index (χ0n) is 9.36. The third-order valence-electron chi connectivity index (χ3n) is 2.55. The van der Waals surface area contributed by atoms with Crippen LogP contribution in [0.1, 0.15) is 5.56 Å². The van der Waals surface area contributed by atoms with Crippen LogP contribution in [0.5, 0.6) is 0 Å². The van der Waals surface area contributed by atoms with Gasteiger partial charge < -0.3 is 0 Å². The molecule has 0 saturated carbocycles. The molecule has 0 unspecified atom stereocenters. The van der Waals surface area contributed by atoms with Crippen molar-refractivity contribution >= 4 is 28.8 Å². The third kappa shape index (κ3) is 1.98. The largest absolute Gasteiger partial charge is 0.156 e. The van der Waals surface area contributed by atoms with Crippen LogP contribution in [0.2, 0.25) is 5.02 Å². The monoisotopic (exact) mass is 256 g/mol.